The maximum absolute atomic E-state index is 12.6. The van der Waals surface area contributed by atoms with E-state index in [-0.39, 0.29) is 11.3 Å². The van der Waals surface area contributed by atoms with E-state index in [1.165, 1.54) is 11.1 Å². The molecule has 0 radical (unpaired) electrons. The standard InChI is InChI=1S/C21H24N2O/c1-22-17-21(19-10-6-3-7-11-19)13-12-20(24)23(15-14-21)16-18-8-4-2-5-9-18/h2-11,17H,12-16H2,1H3. The Labute approximate surface area is 144 Å². The Bertz CT molecular complexity index is 696. The maximum atomic E-state index is 12.6. The van der Waals surface area contributed by atoms with Crippen molar-refractivity contribution in [3.63, 3.8) is 0 Å². The van der Waals surface area contributed by atoms with E-state index in [4.69, 9.17) is 0 Å². The molecule has 0 bridgehead atoms. The van der Waals surface area contributed by atoms with Gasteiger partial charge in [0, 0.05) is 38.2 Å². The molecular weight excluding hydrogens is 296 g/mol. The summed E-state index contributed by atoms with van der Waals surface area (Å²) in [6.45, 7) is 1.45. The highest BCUT2D eigenvalue weighted by molar-refractivity contribution is 5.80. The summed E-state index contributed by atoms with van der Waals surface area (Å²) in [7, 11) is 1.82. The van der Waals surface area contributed by atoms with Crippen LogP contribution in [0.1, 0.15) is 30.4 Å². The summed E-state index contributed by atoms with van der Waals surface area (Å²) in [4.78, 5) is 18.9. The van der Waals surface area contributed by atoms with E-state index in [9.17, 15) is 4.79 Å². The summed E-state index contributed by atoms with van der Waals surface area (Å²) in [5, 5.41) is 0. The van der Waals surface area contributed by atoms with Gasteiger partial charge in [-0.1, -0.05) is 60.7 Å². The second-order valence-corrected chi connectivity index (χ2v) is 6.46. The third kappa shape index (κ3) is 3.56. The summed E-state index contributed by atoms with van der Waals surface area (Å²) >= 11 is 0. The highest BCUT2D eigenvalue weighted by Gasteiger charge is 2.35. The minimum absolute atomic E-state index is 0.142. The molecule has 0 aliphatic carbocycles. The first-order valence-electron chi connectivity index (χ1n) is 8.54. The third-order valence-electron chi connectivity index (χ3n) is 4.91. The summed E-state index contributed by atoms with van der Waals surface area (Å²) < 4.78 is 0. The highest BCUT2D eigenvalue weighted by atomic mass is 16.2. The topological polar surface area (TPSA) is 32.7 Å². The number of carbonyl (C=O) groups excluding carboxylic acids is 1. The summed E-state index contributed by atoms with van der Waals surface area (Å²) in [5.74, 6) is 0.237. The first-order valence-corrected chi connectivity index (χ1v) is 8.54. The molecule has 1 fully saturated rings. The predicted octanol–water partition coefficient (Wildman–Crippen LogP) is 3.84. The fourth-order valence-electron chi connectivity index (χ4n) is 3.55. The lowest BCUT2D eigenvalue weighted by Gasteiger charge is -2.29. The zero-order valence-corrected chi connectivity index (χ0v) is 14.2. The molecule has 0 N–H and O–H groups in total. The van der Waals surface area contributed by atoms with E-state index in [2.05, 4.69) is 41.4 Å². The molecule has 1 aliphatic heterocycles. The van der Waals surface area contributed by atoms with Crippen LogP contribution in [0.5, 0.6) is 0 Å². The molecular formula is C21H24N2O. The Balaban J connectivity index is 1.82. The Morgan fingerprint density at radius 2 is 1.71 bits per heavy atom. The molecule has 1 atom stereocenters. The van der Waals surface area contributed by atoms with Crippen molar-refractivity contribution in [1.82, 2.24) is 4.90 Å². The van der Waals surface area contributed by atoms with Crippen molar-refractivity contribution in [2.24, 2.45) is 4.99 Å². The van der Waals surface area contributed by atoms with Gasteiger partial charge in [-0.3, -0.25) is 9.79 Å². The Morgan fingerprint density at radius 3 is 2.38 bits per heavy atom. The van der Waals surface area contributed by atoms with Crippen LogP contribution in [-0.2, 0) is 16.8 Å². The normalized spacial score (nSPS) is 21.9. The van der Waals surface area contributed by atoms with Crippen LogP contribution in [0.25, 0.3) is 0 Å². The monoisotopic (exact) mass is 320 g/mol. The molecule has 1 saturated heterocycles. The van der Waals surface area contributed by atoms with Gasteiger partial charge in [-0.15, -0.1) is 0 Å². The largest absolute Gasteiger partial charge is 0.338 e. The summed E-state index contributed by atoms with van der Waals surface area (Å²) in [5.41, 5.74) is 2.30. The van der Waals surface area contributed by atoms with Gasteiger partial charge < -0.3 is 4.90 Å². The van der Waals surface area contributed by atoms with Crippen LogP contribution >= 0.6 is 0 Å². The second-order valence-electron chi connectivity index (χ2n) is 6.46. The van der Waals surface area contributed by atoms with E-state index in [1.807, 2.05) is 42.4 Å². The average Bonchev–Trinajstić information content (AvgIpc) is 2.78. The minimum atomic E-state index is -0.142. The smallest absolute Gasteiger partial charge is 0.222 e. The molecule has 2 aromatic rings. The minimum Gasteiger partial charge on any atom is -0.338 e. The van der Waals surface area contributed by atoms with Gasteiger partial charge in [0.1, 0.15) is 0 Å². The van der Waals surface area contributed by atoms with E-state index >= 15 is 0 Å². The number of hydrogen-bond donors (Lipinski definition) is 0. The van der Waals surface area contributed by atoms with E-state index in [0.717, 1.165) is 19.4 Å². The lowest BCUT2D eigenvalue weighted by Crippen LogP contribution is -2.32. The van der Waals surface area contributed by atoms with Crippen molar-refractivity contribution in [3.8, 4) is 0 Å². The molecule has 1 unspecified atom stereocenters. The number of likely N-dealkylation sites (tertiary alicyclic amines) is 1. The quantitative estimate of drug-likeness (QED) is 0.788. The first kappa shape index (κ1) is 16.4. The Morgan fingerprint density at radius 1 is 1.04 bits per heavy atom. The van der Waals surface area contributed by atoms with Gasteiger partial charge in [-0.25, -0.2) is 0 Å². The van der Waals surface area contributed by atoms with Crippen molar-refractivity contribution >= 4 is 12.1 Å². The number of nitrogens with zero attached hydrogens (tertiary/aromatic N) is 2. The van der Waals surface area contributed by atoms with Gasteiger partial charge in [0.15, 0.2) is 0 Å². The van der Waals surface area contributed by atoms with Crippen LogP contribution in [0.3, 0.4) is 0 Å². The van der Waals surface area contributed by atoms with Gasteiger partial charge >= 0.3 is 0 Å². The molecule has 3 heteroatoms. The Kier molecular flexibility index (Phi) is 5.09. The van der Waals surface area contributed by atoms with Gasteiger partial charge in [-0.05, 0) is 24.0 Å². The summed E-state index contributed by atoms with van der Waals surface area (Å²) in [6, 6.07) is 20.7. The molecule has 1 aliphatic rings. The molecule has 1 heterocycles. The first-order chi connectivity index (χ1) is 11.7. The molecule has 0 spiro atoms. The van der Waals surface area contributed by atoms with Crippen LogP contribution < -0.4 is 0 Å². The lowest BCUT2D eigenvalue weighted by atomic mass is 9.75. The number of rotatable bonds is 4. The third-order valence-corrected chi connectivity index (χ3v) is 4.91. The fraction of sp³-hybridized carbons (Fsp3) is 0.333. The summed E-state index contributed by atoms with van der Waals surface area (Å²) in [6.07, 6.45) is 4.33. The molecule has 1 amide bonds. The van der Waals surface area contributed by atoms with Gasteiger partial charge in [0.2, 0.25) is 5.91 Å². The van der Waals surface area contributed by atoms with E-state index in [1.54, 1.807) is 0 Å². The molecule has 0 aromatic heterocycles. The average molecular weight is 320 g/mol. The van der Waals surface area contributed by atoms with Crippen molar-refractivity contribution in [1.29, 1.82) is 0 Å². The van der Waals surface area contributed by atoms with Crippen molar-refractivity contribution in [3.05, 3.63) is 71.8 Å². The van der Waals surface area contributed by atoms with Crippen molar-refractivity contribution in [2.75, 3.05) is 13.6 Å². The van der Waals surface area contributed by atoms with Crippen LogP contribution in [0.2, 0.25) is 0 Å². The molecule has 124 valence electrons. The van der Waals surface area contributed by atoms with Gasteiger partial charge in [-0.2, -0.15) is 0 Å². The predicted molar refractivity (Wildman–Crippen MR) is 98.2 cm³/mol. The Hall–Kier alpha value is -2.42. The van der Waals surface area contributed by atoms with E-state index in [0.29, 0.717) is 13.0 Å². The van der Waals surface area contributed by atoms with Gasteiger partial charge in [0.05, 0.1) is 0 Å². The van der Waals surface area contributed by atoms with Crippen molar-refractivity contribution < 1.29 is 4.79 Å². The maximum Gasteiger partial charge on any atom is 0.222 e. The molecule has 2 aromatic carbocycles. The molecule has 3 rings (SSSR count). The van der Waals surface area contributed by atoms with Crippen LogP contribution in [-0.4, -0.2) is 30.6 Å². The fourth-order valence-corrected chi connectivity index (χ4v) is 3.55. The van der Waals surface area contributed by atoms with Crippen molar-refractivity contribution in [2.45, 2.75) is 31.2 Å². The second kappa shape index (κ2) is 7.43. The van der Waals surface area contributed by atoms with Crippen LogP contribution in [0.15, 0.2) is 65.7 Å². The SMILES string of the molecule is CN=CC1(c2ccccc2)CCC(=O)N(Cc2ccccc2)CC1. The number of hydrogen-bond acceptors (Lipinski definition) is 2. The number of aliphatic imine (C=N–C) groups is 1. The van der Waals surface area contributed by atoms with Crippen LogP contribution in [0.4, 0.5) is 0 Å². The van der Waals surface area contributed by atoms with Crippen LogP contribution in [0, 0.1) is 0 Å². The number of benzene rings is 2. The van der Waals surface area contributed by atoms with E-state index < -0.39 is 0 Å². The zero-order chi connectivity index (χ0) is 16.8. The molecule has 0 saturated carbocycles. The van der Waals surface area contributed by atoms with Gasteiger partial charge in [0.25, 0.3) is 0 Å². The molecule has 3 nitrogen and oxygen atoms in total. The number of amides is 1. The lowest BCUT2D eigenvalue weighted by molar-refractivity contribution is -0.131. The molecule has 24 heavy (non-hydrogen) atoms. The number of carbonyl (C=O) groups is 1. The highest BCUT2D eigenvalue weighted by Crippen LogP contribution is 2.34. The zero-order valence-electron chi connectivity index (χ0n) is 14.2.